The van der Waals surface area contributed by atoms with Crippen molar-refractivity contribution in [1.82, 2.24) is 15.6 Å². The molecule has 1 unspecified atom stereocenters. The molecule has 2 N–H and O–H groups in total. The maximum Gasteiger partial charge on any atom is 0.0897 e. The lowest BCUT2D eigenvalue weighted by atomic mass is 9.96. The Morgan fingerprint density at radius 3 is 3.25 bits per heavy atom. The molecule has 0 amide bonds. The largest absolute Gasteiger partial charge is 0.316 e. The number of nitrogens with one attached hydrogen (secondary N) is 2. The number of hydrogen-bond acceptors (Lipinski definition) is 4. The highest BCUT2D eigenvalue weighted by atomic mass is 32.1. The monoisotopic (exact) mass is 239 g/mol. The van der Waals surface area contributed by atoms with Gasteiger partial charge in [-0.25, -0.2) is 4.98 Å². The van der Waals surface area contributed by atoms with Gasteiger partial charge in [0.05, 0.1) is 5.01 Å². The van der Waals surface area contributed by atoms with Gasteiger partial charge in [0, 0.05) is 17.6 Å². The van der Waals surface area contributed by atoms with Gasteiger partial charge in [-0.2, -0.15) is 0 Å². The molecular weight excluding hydrogens is 218 g/mol. The summed E-state index contributed by atoms with van der Waals surface area (Å²) in [5.74, 6) is 0.879. The van der Waals surface area contributed by atoms with Gasteiger partial charge in [0.25, 0.3) is 0 Å². The molecule has 1 atom stereocenters. The topological polar surface area (TPSA) is 37.0 Å². The maximum atomic E-state index is 4.25. The van der Waals surface area contributed by atoms with Crippen molar-refractivity contribution in [3.63, 3.8) is 0 Å². The molecule has 2 heterocycles. The quantitative estimate of drug-likeness (QED) is 0.771. The van der Waals surface area contributed by atoms with Crippen LogP contribution in [0.25, 0.3) is 0 Å². The van der Waals surface area contributed by atoms with Crippen LogP contribution in [0.15, 0.2) is 6.20 Å². The van der Waals surface area contributed by atoms with Crippen molar-refractivity contribution in [1.29, 1.82) is 0 Å². The normalized spacial score (nSPS) is 21.2. The summed E-state index contributed by atoms with van der Waals surface area (Å²) in [6.45, 7) is 6.59. The Morgan fingerprint density at radius 1 is 1.62 bits per heavy atom. The minimum Gasteiger partial charge on any atom is -0.316 e. The van der Waals surface area contributed by atoms with Gasteiger partial charge >= 0.3 is 0 Å². The zero-order chi connectivity index (χ0) is 11.2. The summed E-state index contributed by atoms with van der Waals surface area (Å²) in [5.41, 5.74) is 0. The molecule has 0 bridgehead atoms. The minimum absolute atomic E-state index is 0.879. The molecule has 0 spiro atoms. The van der Waals surface area contributed by atoms with Crippen molar-refractivity contribution in [2.24, 2.45) is 5.92 Å². The van der Waals surface area contributed by atoms with Crippen molar-refractivity contribution < 1.29 is 0 Å². The fourth-order valence-corrected chi connectivity index (χ4v) is 2.94. The Kier molecular flexibility index (Phi) is 4.75. The van der Waals surface area contributed by atoms with E-state index < -0.39 is 0 Å². The van der Waals surface area contributed by atoms with Crippen LogP contribution in [0.1, 0.15) is 29.1 Å². The van der Waals surface area contributed by atoms with Crippen LogP contribution < -0.4 is 10.6 Å². The Balaban J connectivity index is 1.57. The van der Waals surface area contributed by atoms with E-state index >= 15 is 0 Å². The molecule has 1 aromatic rings. The summed E-state index contributed by atoms with van der Waals surface area (Å²) in [5, 5.41) is 8.13. The van der Waals surface area contributed by atoms with Gasteiger partial charge in [0.1, 0.15) is 0 Å². The van der Waals surface area contributed by atoms with E-state index in [9.17, 15) is 0 Å². The lowest BCUT2D eigenvalue weighted by Gasteiger charge is -2.22. The summed E-state index contributed by atoms with van der Waals surface area (Å²) in [6, 6.07) is 0. The van der Waals surface area contributed by atoms with Crippen LogP contribution in [0, 0.1) is 12.8 Å². The van der Waals surface area contributed by atoms with Crippen LogP contribution in [0.4, 0.5) is 0 Å². The highest BCUT2D eigenvalue weighted by molar-refractivity contribution is 7.11. The molecular formula is C12H21N3S. The molecule has 1 aliphatic rings. The molecule has 1 aromatic heterocycles. The number of nitrogens with zero attached hydrogens (tertiary/aromatic N) is 1. The van der Waals surface area contributed by atoms with Crippen molar-refractivity contribution in [3.05, 3.63) is 16.1 Å². The Hall–Kier alpha value is -0.450. The first-order chi connectivity index (χ1) is 7.84. The third-order valence-corrected chi connectivity index (χ3v) is 4.01. The number of thiazole rings is 1. The van der Waals surface area contributed by atoms with E-state index in [1.165, 1.54) is 37.2 Å². The van der Waals surface area contributed by atoms with Crippen molar-refractivity contribution in [2.45, 2.75) is 32.7 Å². The highest BCUT2D eigenvalue weighted by Gasteiger charge is 2.11. The smallest absolute Gasteiger partial charge is 0.0897 e. The van der Waals surface area contributed by atoms with Crippen LogP contribution in [-0.2, 0) is 6.54 Å². The van der Waals surface area contributed by atoms with E-state index in [0.29, 0.717) is 0 Å². The average Bonchev–Trinajstić information content (AvgIpc) is 2.72. The summed E-state index contributed by atoms with van der Waals surface area (Å²) in [4.78, 5) is 5.60. The predicted molar refractivity (Wildman–Crippen MR) is 68.8 cm³/mol. The van der Waals surface area contributed by atoms with Crippen LogP contribution in [0.2, 0.25) is 0 Å². The summed E-state index contributed by atoms with van der Waals surface area (Å²) >= 11 is 1.79. The van der Waals surface area contributed by atoms with Gasteiger partial charge in [0.15, 0.2) is 0 Å². The molecule has 1 fully saturated rings. The fourth-order valence-electron chi connectivity index (χ4n) is 2.18. The van der Waals surface area contributed by atoms with E-state index in [0.717, 1.165) is 24.0 Å². The SMILES string of the molecule is Cc1ncc(CNCCC2CCCNC2)s1. The Bertz CT molecular complexity index is 305. The van der Waals surface area contributed by atoms with Gasteiger partial charge in [-0.15, -0.1) is 11.3 Å². The standard InChI is InChI=1S/C12H21N3S/c1-10-15-9-12(16-10)8-14-6-4-11-3-2-5-13-7-11/h9,11,13-14H,2-8H2,1H3. The third kappa shape index (κ3) is 3.85. The van der Waals surface area contributed by atoms with Crippen molar-refractivity contribution in [2.75, 3.05) is 19.6 Å². The zero-order valence-electron chi connectivity index (χ0n) is 9.96. The minimum atomic E-state index is 0.879. The number of aromatic nitrogens is 1. The third-order valence-electron chi connectivity index (χ3n) is 3.10. The number of aryl methyl sites for hydroxylation is 1. The van der Waals surface area contributed by atoms with Gasteiger partial charge in [-0.3, -0.25) is 0 Å². The van der Waals surface area contributed by atoms with Crippen molar-refractivity contribution in [3.8, 4) is 0 Å². The second-order valence-corrected chi connectivity index (χ2v) is 5.84. The van der Waals surface area contributed by atoms with E-state index in [1.54, 1.807) is 11.3 Å². The molecule has 3 nitrogen and oxygen atoms in total. The summed E-state index contributed by atoms with van der Waals surface area (Å²) < 4.78 is 0. The molecule has 4 heteroatoms. The molecule has 2 rings (SSSR count). The Morgan fingerprint density at radius 2 is 2.56 bits per heavy atom. The van der Waals surface area contributed by atoms with Gasteiger partial charge in [0.2, 0.25) is 0 Å². The van der Waals surface area contributed by atoms with E-state index in [2.05, 4.69) is 22.5 Å². The summed E-state index contributed by atoms with van der Waals surface area (Å²) in [7, 11) is 0. The molecule has 0 aliphatic carbocycles. The first-order valence-electron chi connectivity index (χ1n) is 6.17. The molecule has 1 saturated heterocycles. The highest BCUT2D eigenvalue weighted by Crippen LogP contribution is 2.14. The average molecular weight is 239 g/mol. The van der Waals surface area contributed by atoms with Crippen LogP contribution in [0.3, 0.4) is 0 Å². The van der Waals surface area contributed by atoms with Gasteiger partial charge < -0.3 is 10.6 Å². The first kappa shape index (κ1) is 12.0. The molecule has 0 radical (unpaired) electrons. The predicted octanol–water partition coefficient (Wildman–Crippen LogP) is 1.93. The second kappa shape index (κ2) is 6.33. The van der Waals surface area contributed by atoms with Gasteiger partial charge in [-0.05, 0) is 51.7 Å². The van der Waals surface area contributed by atoms with Crippen molar-refractivity contribution >= 4 is 11.3 Å². The Labute approximate surface area is 102 Å². The van der Waals surface area contributed by atoms with E-state index in [-0.39, 0.29) is 0 Å². The van der Waals surface area contributed by atoms with Crippen LogP contribution >= 0.6 is 11.3 Å². The van der Waals surface area contributed by atoms with Crippen LogP contribution in [0.5, 0.6) is 0 Å². The molecule has 90 valence electrons. The second-order valence-electron chi connectivity index (χ2n) is 4.52. The summed E-state index contributed by atoms with van der Waals surface area (Å²) in [6.07, 6.45) is 6.02. The van der Waals surface area contributed by atoms with E-state index in [1.807, 2.05) is 6.20 Å². The maximum absolute atomic E-state index is 4.25. The van der Waals surface area contributed by atoms with Gasteiger partial charge in [-0.1, -0.05) is 0 Å². The number of rotatable bonds is 5. The molecule has 0 saturated carbocycles. The lowest BCUT2D eigenvalue weighted by molar-refractivity contribution is 0.352. The van der Waals surface area contributed by atoms with E-state index in [4.69, 9.17) is 0 Å². The molecule has 1 aliphatic heterocycles. The molecule has 16 heavy (non-hydrogen) atoms. The van der Waals surface area contributed by atoms with Crippen LogP contribution in [-0.4, -0.2) is 24.6 Å². The number of hydrogen-bond donors (Lipinski definition) is 2. The molecule has 0 aromatic carbocycles. The fraction of sp³-hybridized carbons (Fsp3) is 0.750. The zero-order valence-corrected chi connectivity index (χ0v) is 10.8. The first-order valence-corrected chi connectivity index (χ1v) is 6.99. The lowest BCUT2D eigenvalue weighted by Crippen LogP contribution is -2.31. The number of piperidine rings is 1.